The Morgan fingerprint density at radius 1 is 0.862 bits per heavy atom. The second-order valence-corrected chi connectivity index (χ2v) is 10.1. The summed E-state index contributed by atoms with van der Waals surface area (Å²) in [5.74, 6) is 0.587. The predicted molar refractivity (Wildman–Crippen MR) is 119 cm³/mol. The Kier molecular flexibility index (Phi) is 8.25. The first-order chi connectivity index (χ1) is 13.5. The standard InChI is InChI=1S/C24H35O4P/c1-18(2)16-20(5)23(21-12-8-6-9-13-21)24(17-19(3)4,28-29(25,26)27)22-14-10-7-11-15-22/h6-15,18-20,23H,16-17H2,1-5H3,(H2,25,26,27). The molecule has 3 unspecified atom stereocenters. The lowest BCUT2D eigenvalue weighted by Gasteiger charge is -2.45. The Balaban J connectivity index is 2.78. The monoisotopic (exact) mass is 418 g/mol. The van der Waals surface area contributed by atoms with Crippen molar-refractivity contribution in [2.75, 3.05) is 0 Å². The van der Waals surface area contributed by atoms with Crippen molar-refractivity contribution in [2.24, 2.45) is 17.8 Å². The molecule has 2 aromatic rings. The van der Waals surface area contributed by atoms with Gasteiger partial charge in [-0.2, -0.15) is 0 Å². The summed E-state index contributed by atoms with van der Waals surface area (Å²) < 4.78 is 18.1. The van der Waals surface area contributed by atoms with Gasteiger partial charge in [-0.1, -0.05) is 95.3 Å². The summed E-state index contributed by atoms with van der Waals surface area (Å²) in [6, 6.07) is 19.6. The van der Waals surface area contributed by atoms with Crippen LogP contribution in [0.2, 0.25) is 0 Å². The zero-order chi connectivity index (χ0) is 21.7. The van der Waals surface area contributed by atoms with Crippen molar-refractivity contribution >= 4 is 7.82 Å². The van der Waals surface area contributed by atoms with E-state index in [1.165, 1.54) is 0 Å². The molecule has 2 N–H and O–H groups in total. The highest BCUT2D eigenvalue weighted by atomic mass is 31.2. The fourth-order valence-corrected chi connectivity index (χ4v) is 5.43. The average Bonchev–Trinajstić information content (AvgIpc) is 2.61. The van der Waals surface area contributed by atoms with E-state index in [4.69, 9.17) is 4.52 Å². The average molecular weight is 419 g/mol. The molecule has 0 aliphatic carbocycles. The van der Waals surface area contributed by atoms with E-state index in [2.05, 4.69) is 34.6 Å². The van der Waals surface area contributed by atoms with E-state index in [9.17, 15) is 14.4 Å². The van der Waals surface area contributed by atoms with Crippen molar-refractivity contribution in [2.45, 2.75) is 59.0 Å². The van der Waals surface area contributed by atoms with Gasteiger partial charge < -0.3 is 9.79 Å². The molecule has 0 aliphatic rings. The molecule has 0 bridgehead atoms. The first kappa shape index (κ1) is 23.8. The van der Waals surface area contributed by atoms with Gasteiger partial charge in [-0.05, 0) is 41.7 Å². The van der Waals surface area contributed by atoms with Gasteiger partial charge >= 0.3 is 7.82 Å². The van der Waals surface area contributed by atoms with Gasteiger partial charge in [-0.3, -0.25) is 4.52 Å². The SMILES string of the molecule is CC(C)CC(C)C(c1ccccc1)C(CC(C)C)(OP(=O)(O)O)c1ccccc1. The van der Waals surface area contributed by atoms with Crippen LogP contribution in [-0.2, 0) is 14.7 Å². The van der Waals surface area contributed by atoms with Crippen LogP contribution in [0.5, 0.6) is 0 Å². The number of hydrogen-bond donors (Lipinski definition) is 2. The van der Waals surface area contributed by atoms with Crippen LogP contribution in [0.25, 0.3) is 0 Å². The summed E-state index contributed by atoms with van der Waals surface area (Å²) in [7, 11) is -4.76. The summed E-state index contributed by atoms with van der Waals surface area (Å²) >= 11 is 0. The molecule has 0 spiro atoms. The Bertz CT molecular complexity index is 785. The van der Waals surface area contributed by atoms with Crippen molar-refractivity contribution in [3.05, 3.63) is 71.8 Å². The fourth-order valence-electron chi connectivity index (χ4n) is 4.71. The van der Waals surface area contributed by atoms with E-state index in [0.29, 0.717) is 12.3 Å². The number of rotatable bonds is 10. The van der Waals surface area contributed by atoms with Crippen LogP contribution in [0.15, 0.2) is 60.7 Å². The maximum atomic E-state index is 12.3. The minimum absolute atomic E-state index is 0.155. The van der Waals surface area contributed by atoms with Crippen molar-refractivity contribution in [3.63, 3.8) is 0 Å². The maximum absolute atomic E-state index is 12.3. The first-order valence-corrected chi connectivity index (χ1v) is 11.9. The normalized spacial score (nSPS) is 16.6. The second kappa shape index (κ2) is 10.0. The van der Waals surface area contributed by atoms with Crippen LogP contribution < -0.4 is 0 Å². The lowest BCUT2D eigenvalue weighted by molar-refractivity contribution is -0.0287. The molecule has 0 fully saturated rings. The quantitative estimate of drug-likeness (QED) is 0.432. The smallest absolute Gasteiger partial charge is 0.303 e. The van der Waals surface area contributed by atoms with Crippen LogP contribution in [0.4, 0.5) is 0 Å². The molecule has 4 nitrogen and oxygen atoms in total. The number of phosphoric acid groups is 1. The van der Waals surface area contributed by atoms with Crippen molar-refractivity contribution in [3.8, 4) is 0 Å². The van der Waals surface area contributed by atoms with E-state index in [-0.39, 0.29) is 17.8 Å². The molecule has 3 atom stereocenters. The largest absolute Gasteiger partial charge is 0.470 e. The molecule has 5 heteroatoms. The van der Waals surface area contributed by atoms with Crippen molar-refractivity contribution in [1.29, 1.82) is 0 Å². The predicted octanol–water partition coefficient (Wildman–Crippen LogP) is 6.50. The topological polar surface area (TPSA) is 66.8 Å². The van der Waals surface area contributed by atoms with Gasteiger partial charge in [0.2, 0.25) is 0 Å². The molecule has 0 saturated carbocycles. The Labute approximate surface area is 175 Å². The minimum Gasteiger partial charge on any atom is -0.303 e. The van der Waals surface area contributed by atoms with E-state index in [1.54, 1.807) is 0 Å². The third kappa shape index (κ3) is 6.52. The molecule has 0 amide bonds. The third-order valence-electron chi connectivity index (χ3n) is 5.33. The van der Waals surface area contributed by atoms with E-state index in [0.717, 1.165) is 17.5 Å². The van der Waals surface area contributed by atoms with E-state index < -0.39 is 13.4 Å². The summed E-state index contributed by atoms with van der Waals surface area (Å²) in [5, 5.41) is 0. The van der Waals surface area contributed by atoms with Crippen LogP contribution in [0.1, 0.15) is 64.5 Å². The van der Waals surface area contributed by atoms with Crippen molar-refractivity contribution < 1.29 is 18.9 Å². The van der Waals surface area contributed by atoms with Crippen molar-refractivity contribution in [1.82, 2.24) is 0 Å². The number of hydrogen-bond acceptors (Lipinski definition) is 2. The highest BCUT2D eigenvalue weighted by Gasteiger charge is 2.49. The highest BCUT2D eigenvalue weighted by Crippen LogP contribution is 2.57. The van der Waals surface area contributed by atoms with Crippen LogP contribution >= 0.6 is 7.82 Å². The second-order valence-electron chi connectivity index (χ2n) is 8.93. The lowest BCUT2D eigenvalue weighted by atomic mass is 9.66. The van der Waals surface area contributed by atoms with Gasteiger partial charge in [-0.15, -0.1) is 0 Å². The fraction of sp³-hybridized carbons (Fsp3) is 0.500. The van der Waals surface area contributed by atoms with Crippen LogP contribution in [-0.4, -0.2) is 9.79 Å². The lowest BCUT2D eigenvalue weighted by Crippen LogP contribution is -2.41. The summed E-state index contributed by atoms with van der Waals surface area (Å²) in [5.41, 5.74) is 0.712. The van der Waals surface area contributed by atoms with Gasteiger partial charge in [-0.25, -0.2) is 4.57 Å². The van der Waals surface area contributed by atoms with Gasteiger partial charge in [0.25, 0.3) is 0 Å². The molecule has 0 heterocycles. The molecule has 2 rings (SSSR count). The summed E-state index contributed by atoms with van der Waals surface area (Å²) in [6.45, 7) is 10.6. The van der Waals surface area contributed by atoms with Gasteiger partial charge in [0.1, 0.15) is 5.60 Å². The molecule has 0 aliphatic heterocycles. The zero-order valence-corrected chi connectivity index (χ0v) is 19.0. The molecular weight excluding hydrogens is 383 g/mol. The summed E-state index contributed by atoms with van der Waals surface area (Å²) in [6.07, 6.45) is 1.43. The Morgan fingerprint density at radius 3 is 1.83 bits per heavy atom. The molecule has 160 valence electrons. The molecule has 29 heavy (non-hydrogen) atoms. The van der Waals surface area contributed by atoms with E-state index >= 15 is 0 Å². The van der Waals surface area contributed by atoms with E-state index in [1.807, 2.05) is 60.7 Å². The molecular formula is C24H35O4P. The molecule has 0 saturated heterocycles. The minimum atomic E-state index is -4.76. The molecule has 0 aromatic heterocycles. The zero-order valence-electron chi connectivity index (χ0n) is 18.2. The van der Waals surface area contributed by atoms with Crippen LogP contribution in [0.3, 0.4) is 0 Å². The van der Waals surface area contributed by atoms with Gasteiger partial charge in [0.05, 0.1) is 0 Å². The first-order valence-electron chi connectivity index (χ1n) is 10.4. The maximum Gasteiger partial charge on any atom is 0.470 e. The van der Waals surface area contributed by atoms with Crippen LogP contribution in [0, 0.1) is 17.8 Å². The van der Waals surface area contributed by atoms with Gasteiger partial charge in [0.15, 0.2) is 0 Å². The highest BCUT2D eigenvalue weighted by molar-refractivity contribution is 7.46. The molecule has 0 radical (unpaired) electrons. The summed E-state index contributed by atoms with van der Waals surface area (Å²) in [4.78, 5) is 20.0. The third-order valence-corrected chi connectivity index (χ3v) is 5.89. The number of phosphoric ester groups is 1. The van der Waals surface area contributed by atoms with Gasteiger partial charge in [0, 0.05) is 5.92 Å². The number of benzene rings is 2. The Morgan fingerprint density at radius 2 is 1.38 bits per heavy atom. The molecule has 2 aromatic carbocycles. The Hall–Kier alpha value is -1.45.